The van der Waals surface area contributed by atoms with Crippen LogP contribution in [0.5, 0.6) is 0 Å². The molecule has 1 N–H and O–H groups in total. The molecule has 10 heteroatoms. The van der Waals surface area contributed by atoms with Crippen molar-refractivity contribution in [2.45, 2.75) is 52.2 Å². The zero-order valence-corrected chi connectivity index (χ0v) is 20.0. The Hall–Kier alpha value is -2.30. The second kappa shape index (κ2) is 11.0. The smallest absolute Gasteiger partial charge is 0.244 e. The molecule has 176 valence electrons. The number of rotatable bonds is 12. The number of nitrogens with one attached hydrogen (secondary N) is 1. The minimum Gasteiger partial charge on any atom is -0.337 e. The van der Waals surface area contributed by atoms with Gasteiger partial charge in [0.1, 0.15) is 12.4 Å². The van der Waals surface area contributed by atoms with Crippen molar-refractivity contribution in [3.05, 3.63) is 47.5 Å². The Morgan fingerprint density at radius 3 is 2.56 bits per heavy atom. The molecule has 2 aromatic rings. The highest BCUT2D eigenvalue weighted by Crippen LogP contribution is 2.20. The lowest BCUT2D eigenvalue weighted by atomic mass is 10.1. The molecule has 1 aromatic heterocycles. The summed E-state index contributed by atoms with van der Waals surface area (Å²) in [5, 5.41) is 4.49. The van der Waals surface area contributed by atoms with Crippen LogP contribution in [0.4, 0.5) is 0 Å². The highest BCUT2D eigenvalue weighted by Gasteiger charge is 2.28. The van der Waals surface area contributed by atoms with E-state index in [1.165, 1.54) is 0 Å². The van der Waals surface area contributed by atoms with Crippen LogP contribution in [-0.2, 0) is 34.3 Å². The minimum absolute atomic E-state index is 0.0354. The van der Waals surface area contributed by atoms with E-state index in [2.05, 4.69) is 33.6 Å². The number of carbonyl (C=O) groups excluding carboxylic acids is 1. The van der Waals surface area contributed by atoms with Gasteiger partial charge in [-0.25, -0.2) is 22.8 Å². The Morgan fingerprint density at radius 2 is 1.88 bits per heavy atom. The van der Waals surface area contributed by atoms with E-state index in [1.807, 2.05) is 30.3 Å². The molecule has 1 atom stereocenters. The lowest BCUT2D eigenvalue weighted by Crippen LogP contribution is -2.36. The number of sulfonamides is 1. The number of fused-ring (bicyclic) bond motifs is 1. The Morgan fingerprint density at radius 1 is 1.16 bits per heavy atom. The van der Waals surface area contributed by atoms with Crippen molar-refractivity contribution in [2.75, 3.05) is 32.4 Å². The number of benzene rings is 1. The first-order valence-corrected chi connectivity index (χ1v) is 12.9. The quantitative estimate of drug-likeness (QED) is 0.514. The molecular formula is C22H34N6O3S. The van der Waals surface area contributed by atoms with Crippen molar-refractivity contribution in [2.24, 2.45) is 0 Å². The molecule has 0 fully saturated rings. The summed E-state index contributed by atoms with van der Waals surface area (Å²) in [5.74, 6) is 1.12. The van der Waals surface area contributed by atoms with E-state index in [4.69, 9.17) is 0 Å². The lowest BCUT2D eigenvalue weighted by Gasteiger charge is -2.21. The number of hydrogen-bond acceptors (Lipinski definition) is 6. The van der Waals surface area contributed by atoms with Gasteiger partial charge in [0.2, 0.25) is 15.9 Å². The summed E-state index contributed by atoms with van der Waals surface area (Å²) in [4.78, 5) is 20.4. The van der Waals surface area contributed by atoms with Gasteiger partial charge < -0.3 is 9.80 Å². The topological polar surface area (TPSA) is 100 Å². The molecule has 32 heavy (non-hydrogen) atoms. The van der Waals surface area contributed by atoms with Crippen molar-refractivity contribution in [3.63, 3.8) is 0 Å². The predicted molar refractivity (Wildman–Crippen MR) is 123 cm³/mol. The second-order valence-corrected chi connectivity index (χ2v) is 10.1. The number of hydrogen-bond donors (Lipinski definition) is 1. The summed E-state index contributed by atoms with van der Waals surface area (Å²) < 4.78 is 30.2. The molecule has 0 saturated carbocycles. The zero-order valence-electron chi connectivity index (χ0n) is 19.2. The summed E-state index contributed by atoms with van der Waals surface area (Å²) in [6.07, 6.45) is 1.79. The number of likely N-dealkylation sites (N-methyl/N-ethyl adjacent to an activating group) is 1. The van der Waals surface area contributed by atoms with Gasteiger partial charge in [-0.05, 0) is 44.5 Å². The molecule has 3 rings (SSSR count). The van der Waals surface area contributed by atoms with E-state index >= 15 is 0 Å². The van der Waals surface area contributed by atoms with Crippen LogP contribution in [0.1, 0.15) is 49.9 Å². The fraction of sp³-hybridized carbons (Fsp3) is 0.591. The molecule has 0 saturated heterocycles. The van der Waals surface area contributed by atoms with E-state index in [1.54, 1.807) is 16.6 Å². The molecule has 1 amide bonds. The first kappa shape index (κ1) is 24.3. The van der Waals surface area contributed by atoms with Gasteiger partial charge in [0.15, 0.2) is 5.82 Å². The van der Waals surface area contributed by atoms with Gasteiger partial charge >= 0.3 is 0 Å². The van der Waals surface area contributed by atoms with Crippen molar-refractivity contribution in [1.82, 2.24) is 29.3 Å². The molecule has 0 radical (unpaired) electrons. The maximum absolute atomic E-state index is 12.9. The number of carbonyl (C=O) groups is 1. The van der Waals surface area contributed by atoms with Crippen LogP contribution in [0.3, 0.4) is 0 Å². The molecule has 1 aromatic carbocycles. The molecule has 0 unspecified atom stereocenters. The van der Waals surface area contributed by atoms with Crippen LogP contribution in [0.15, 0.2) is 30.3 Å². The van der Waals surface area contributed by atoms with Gasteiger partial charge in [-0.15, -0.1) is 0 Å². The van der Waals surface area contributed by atoms with Gasteiger partial charge in [0, 0.05) is 7.05 Å². The first-order chi connectivity index (χ1) is 15.3. The van der Waals surface area contributed by atoms with Crippen LogP contribution in [0.25, 0.3) is 0 Å². The van der Waals surface area contributed by atoms with E-state index in [0.717, 1.165) is 25.2 Å². The van der Waals surface area contributed by atoms with Gasteiger partial charge in [0.25, 0.3) is 0 Å². The first-order valence-electron chi connectivity index (χ1n) is 11.2. The average molecular weight is 463 g/mol. The van der Waals surface area contributed by atoms with Crippen molar-refractivity contribution in [3.8, 4) is 0 Å². The van der Waals surface area contributed by atoms with Crippen LogP contribution in [0.2, 0.25) is 0 Å². The van der Waals surface area contributed by atoms with Gasteiger partial charge in [0.05, 0.1) is 18.3 Å². The average Bonchev–Trinajstić information content (AvgIpc) is 3.17. The summed E-state index contributed by atoms with van der Waals surface area (Å²) >= 11 is 0. The van der Waals surface area contributed by atoms with Gasteiger partial charge in [-0.1, -0.05) is 44.2 Å². The maximum atomic E-state index is 12.9. The summed E-state index contributed by atoms with van der Waals surface area (Å²) in [6.45, 7) is 7.19. The number of amides is 1. The lowest BCUT2D eigenvalue weighted by molar-refractivity contribution is -0.132. The van der Waals surface area contributed by atoms with E-state index in [-0.39, 0.29) is 18.2 Å². The largest absolute Gasteiger partial charge is 0.337 e. The third-order valence-corrected chi connectivity index (χ3v) is 7.30. The fourth-order valence-electron chi connectivity index (χ4n) is 3.82. The van der Waals surface area contributed by atoms with Crippen LogP contribution < -0.4 is 4.72 Å². The highest BCUT2D eigenvalue weighted by molar-refractivity contribution is 7.89. The molecule has 0 spiro atoms. The number of aromatic nitrogens is 3. The zero-order chi connectivity index (χ0) is 23.1. The Balaban J connectivity index is 1.74. The summed E-state index contributed by atoms with van der Waals surface area (Å²) in [6, 6.07) is 9.39. The van der Waals surface area contributed by atoms with Gasteiger partial charge in [-0.2, -0.15) is 5.10 Å². The maximum Gasteiger partial charge on any atom is 0.244 e. The van der Waals surface area contributed by atoms with Crippen LogP contribution in [-0.4, -0.2) is 71.3 Å². The number of aryl methyl sites for hydroxylation is 1. The molecule has 9 nitrogen and oxygen atoms in total. The van der Waals surface area contributed by atoms with E-state index in [0.29, 0.717) is 37.5 Å². The molecular weight excluding hydrogens is 428 g/mol. The number of nitrogens with zero attached hydrogens (tertiary/aromatic N) is 5. The minimum atomic E-state index is -3.51. The third kappa shape index (κ3) is 6.60. The fourth-order valence-corrected chi connectivity index (χ4v) is 5.11. The molecule has 2 heterocycles. The highest BCUT2D eigenvalue weighted by atomic mass is 32.2. The van der Waals surface area contributed by atoms with Crippen molar-refractivity contribution < 1.29 is 13.2 Å². The standard InChI is InChI=1S/C22H34N6O3S/c1-4-27(5-2)14-9-15-32(30,31)25-19(13-12-18-10-7-6-8-11-18)22-23-20-16-26(3)21(29)17-28(20)24-22/h6-8,10-11,19,25H,4-5,9,12-17H2,1-3H3/t19-/m1/s1. The van der Waals surface area contributed by atoms with E-state index < -0.39 is 16.1 Å². The monoisotopic (exact) mass is 462 g/mol. The molecule has 0 aliphatic carbocycles. The van der Waals surface area contributed by atoms with E-state index in [9.17, 15) is 13.2 Å². The summed E-state index contributed by atoms with van der Waals surface area (Å²) in [5.41, 5.74) is 1.12. The Labute approximate surface area is 190 Å². The van der Waals surface area contributed by atoms with Crippen molar-refractivity contribution in [1.29, 1.82) is 0 Å². The SMILES string of the molecule is CCN(CC)CCCS(=O)(=O)N[C@H](CCc1ccccc1)c1nc2n(n1)CC(=O)N(C)C2. The van der Waals surface area contributed by atoms with Crippen molar-refractivity contribution >= 4 is 15.9 Å². The van der Waals surface area contributed by atoms with Crippen LogP contribution in [0, 0.1) is 0 Å². The van der Waals surface area contributed by atoms with Gasteiger partial charge in [-0.3, -0.25) is 4.79 Å². The molecule has 0 bridgehead atoms. The molecule has 1 aliphatic rings. The third-order valence-electron chi connectivity index (χ3n) is 5.83. The Kier molecular flexibility index (Phi) is 8.38. The normalized spacial score (nSPS) is 15.2. The second-order valence-electron chi connectivity index (χ2n) is 8.19. The summed E-state index contributed by atoms with van der Waals surface area (Å²) in [7, 11) is -1.78. The van der Waals surface area contributed by atoms with Crippen LogP contribution >= 0.6 is 0 Å². The molecule has 1 aliphatic heterocycles. The predicted octanol–water partition coefficient (Wildman–Crippen LogP) is 1.58. The Bertz CT molecular complexity index is 988.